The Hall–Kier alpha value is -1.93. The molecule has 0 radical (unpaired) electrons. The van der Waals surface area contributed by atoms with Gasteiger partial charge >= 0.3 is 0 Å². The van der Waals surface area contributed by atoms with Crippen molar-refractivity contribution in [3.63, 3.8) is 0 Å². The molecule has 0 fully saturated rings. The summed E-state index contributed by atoms with van der Waals surface area (Å²) in [6.07, 6.45) is 3.07. The molecule has 0 aliphatic carbocycles. The number of hydrazine groups is 1. The molecule has 1 aliphatic rings. The summed E-state index contributed by atoms with van der Waals surface area (Å²) in [6, 6.07) is 6.73. The predicted molar refractivity (Wildman–Crippen MR) is 75.6 cm³/mol. The number of fused-ring (bicyclic) bond motifs is 1. The lowest BCUT2D eigenvalue weighted by Crippen LogP contribution is -2.30. The normalized spacial score (nSPS) is 15.8. The van der Waals surface area contributed by atoms with Gasteiger partial charge in [-0.3, -0.25) is 10.2 Å². The molecule has 3 N–H and O–H groups in total. The maximum Gasteiger partial charge on any atom is 0.285 e. The summed E-state index contributed by atoms with van der Waals surface area (Å²) < 4.78 is 27.2. The smallest absolute Gasteiger partial charge is 0.285 e. The molecule has 108 valence electrons. The summed E-state index contributed by atoms with van der Waals surface area (Å²) in [5.74, 6) is 4.78. The van der Waals surface area contributed by atoms with Crippen molar-refractivity contribution in [1.29, 1.82) is 0 Å². The van der Waals surface area contributed by atoms with Gasteiger partial charge in [-0.2, -0.15) is 8.42 Å². The van der Waals surface area contributed by atoms with Gasteiger partial charge in [0.25, 0.3) is 10.0 Å². The second-order valence-electron chi connectivity index (χ2n) is 4.38. The predicted octanol–water partition coefficient (Wildman–Crippen LogP) is 0.384. The van der Waals surface area contributed by atoms with Crippen molar-refractivity contribution in [2.75, 3.05) is 11.4 Å². The minimum Gasteiger partial charge on any atom is -0.331 e. The van der Waals surface area contributed by atoms with Gasteiger partial charge in [0, 0.05) is 13.0 Å². The highest BCUT2D eigenvalue weighted by Crippen LogP contribution is 2.29. The van der Waals surface area contributed by atoms with Crippen molar-refractivity contribution in [2.24, 2.45) is 10.2 Å². The number of para-hydroxylation sites is 1. The molecule has 0 bridgehead atoms. The Morgan fingerprint density at radius 3 is 2.80 bits per heavy atom. The zero-order valence-corrected chi connectivity index (χ0v) is 11.6. The summed E-state index contributed by atoms with van der Waals surface area (Å²) in [7, 11) is -3.58. The van der Waals surface area contributed by atoms with E-state index in [-0.39, 0.29) is 10.8 Å². The van der Waals surface area contributed by atoms with Crippen LogP contribution in [0.5, 0.6) is 0 Å². The fourth-order valence-corrected chi connectivity index (χ4v) is 3.02. The van der Waals surface area contributed by atoms with Crippen molar-refractivity contribution in [2.45, 2.75) is 24.2 Å². The number of hydrogen-bond donors (Lipinski definition) is 2. The number of carbonyl (C=O) groups excluding carboxylic acids is 1. The lowest BCUT2D eigenvalue weighted by Gasteiger charge is -2.24. The Morgan fingerprint density at radius 1 is 1.30 bits per heavy atom. The number of carbonyl (C=O) groups is 1. The highest BCUT2D eigenvalue weighted by atomic mass is 32.2. The van der Waals surface area contributed by atoms with E-state index in [1.807, 2.05) is 0 Å². The number of anilines is 1. The summed E-state index contributed by atoms with van der Waals surface area (Å²) in [4.78, 5) is 13.0. The number of sulfonamides is 1. The highest BCUT2D eigenvalue weighted by Gasteiger charge is 2.24. The summed E-state index contributed by atoms with van der Waals surface area (Å²) >= 11 is 0. The van der Waals surface area contributed by atoms with Crippen LogP contribution < -0.4 is 16.2 Å². The van der Waals surface area contributed by atoms with E-state index in [9.17, 15) is 13.2 Å². The van der Waals surface area contributed by atoms with Gasteiger partial charge in [0.1, 0.15) is 11.2 Å². The lowest BCUT2D eigenvalue weighted by atomic mass is 10.2. The third-order valence-corrected chi connectivity index (χ3v) is 4.26. The molecule has 0 aromatic heterocycles. The first-order valence-corrected chi connectivity index (χ1v) is 7.64. The second kappa shape index (κ2) is 6.02. The first-order valence-electron chi connectivity index (χ1n) is 6.20. The molecule has 0 saturated carbocycles. The summed E-state index contributed by atoms with van der Waals surface area (Å²) in [5, 5.41) is 0. The minimum absolute atomic E-state index is 0.208. The van der Waals surface area contributed by atoms with Crippen molar-refractivity contribution in [3.05, 3.63) is 24.3 Å². The van der Waals surface area contributed by atoms with Crippen molar-refractivity contribution < 1.29 is 13.2 Å². The van der Waals surface area contributed by atoms with Crippen LogP contribution in [0.25, 0.3) is 0 Å². The number of unbranched alkanes of at least 4 members (excludes halogenated alkanes) is 1. The molecule has 2 rings (SSSR count). The fraction of sp³-hybridized carbons (Fsp3) is 0.333. The fourth-order valence-electron chi connectivity index (χ4n) is 1.97. The van der Waals surface area contributed by atoms with Gasteiger partial charge in [0.15, 0.2) is 0 Å². The van der Waals surface area contributed by atoms with Gasteiger partial charge in [-0.1, -0.05) is 12.1 Å². The van der Waals surface area contributed by atoms with Crippen LogP contribution in [0.1, 0.15) is 19.3 Å². The number of hydrogen-bond acceptors (Lipinski definition) is 5. The second-order valence-corrected chi connectivity index (χ2v) is 5.98. The van der Waals surface area contributed by atoms with Gasteiger partial charge in [-0.05, 0) is 25.0 Å². The molecule has 0 saturated heterocycles. The van der Waals surface area contributed by atoms with Crippen LogP contribution >= 0.6 is 0 Å². The highest BCUT2D eigenvalue weighted by molar-refractivity contribution is 7.90. The molecule has 8 heteroatoms. The Bertz CT molecular complexity index is 627. The standard InChI is InChI=1S/C12H16N4O3S/c13-15-12(17)7-3-4-8-16-9-14-20(18,19)11-6-2-1-5-10(11)16/h1-2,5-6,9H,3-4,7-8,13H2,(H,15,17). The Labute approximate surface area is 117 Å². The number of nitrogens with one attached hydrogen (secondary N) is 1. The number of benzene rings is 1. The Balaban J connectivity index is 2.02. The van der Waals surface area contributed by atoms with Crippen LogP contribution in [0.4, 0.5) is 5.69 Å². The van der Waals surface area contributed by atoms with Crippen LogP contribution in [-0.4, -0.2) is 27.2 Å². The molecule has 7 nitrogen and oxygen atoms in total. The van der Waals surface area contributed by atoms with Gasteiger partial charge < -0.3 is 4.90 Å². The summed E-state index contributed by atoms with van der Waals surface area (Å²) in [6.45, 7) is 0.591. The Kier molecular flexibility index (Phi) is 4.35. The third kappa shape index (κ3) is 3.14. The van der Waals surface area contributed by atoms with Crippen molar-refractivity contribution in [1.82, 2.24) is 5.43 Å². The van der Waals surface area contributed by atoms with Crippen LogP contribution in [0.3, 0.4) is 0 Å². The van der Waals surface area contributed by atoms with Gasteiger partial charge in [-0.15, -0.1) is 4.40 Å². The van der Waals surface area contributed by atoms with E-state index in [0.717, 1.165) is 6.42 Å². The number of nitrogens with zero attached hydrogens (tertiary/aromatic N) is 2. The molecule has 1 aliphatic heterocycles. The minimum atomic E-state index is -3.58. The SMILES string of the molecule is NNC(=O)CCCCN1C=NS(=O)(=O)c2ccccc21. The van der Waals surface area contributed by atoms with Crippen LogP contribution in [0.15, 0.2) is 33.6 Å². The molecular formula is C12H16N4O3S. The molecule has 1 heterocycles. The van der Waals surface area contributed by atoms with E-state index >= 15 is 0 Å². The first-order chi connectivity index (χ1) is 9.54. The molecule has 1 amide bonds. The molecule has 20 heavy (non-hydrogen) atoms. The maximum atomic E-state index is 11.8. The van der Waals surface area contributed by atoms with Crippen molar-refractivity contribution in [3.8, 4) is 0 Å². The van der Waals surface area contributed by atoms with Gasteiger partial charge in [0.05, 0.1) is 5.69 Å². The van der Waals surface area contributed by atoms with E-state index in [1.54, 1.807) is 23.1 Å². The topological polar surface area (TPSA) is 105 Å². The van der Waals surface area contributed by atoms with E-state index < -0.39 is 10.0 Å². The van der Waals surface area contributed by atoms with Crippen LogP contribution in [0, 0.1) is 0 Å². The average molecular weight is 296 g/mol. The zero-order valence-electron chi connectivity index (χ0n) is 10.8. The van der Waals surface area contributed by atoms with Crippen LogP contribution in [0.2, 0.25) is 0 Å². The zero-order chi connectivity index (χ0) is 14.6. The molecule has 1 aromatic rings. The van der Waals surface area contributed by atoms with E-state index in [2.05, 4.69) is 9.82 Å². The molecule has 0 atom stereocenters. The average Bonchev–Trinajstić information content (AvgIpc) is 2.45. The first kappa shape index (κ1) is 14.5. The molecule has 0 spiro atoms. The third-order valence-electron chi connectivity index (χ3n) is 2.99. The summed E-state index contributed by atoms with van der Waals surface area (Å²) in [5.41, 5.74) is 2.69. The monoisotopic (exact) mass is 296 g/mol. The number of nitrogens with two attached hydrogens (primary N) is 1. The molecule has 1 aromatic carbocycles. The molecule has 0 unspecified atom stereocenters. The lowest BCUT2D eigenvalue weighted by molar-refractivity contribution is -0.121. The van der Waals surface area contributed by atoms with Gasteiger partial charge in [0.2, 0.25) is 5.91 Å². The van der Waals surface area contributed by atoms with E-state index in [0.29, 0.717) is 25.1 Å². The van der Waals surface area contributed by atoms with Gasteiger partial charge in [-0.25, -0.2) is 5.84 Å². The van der Waals surface area contributed by atoms with Crippen molar-refractivity contribution >= 4 is 28.0 Å². The maximum absolute atomic E-state index is 11.8. The Morgan fingerprint density at radius 2 is 2.05 bits per heavy atom. The van der Waals surface area contributed by atoms with Crippen LogP contribution in [-0.2, 0) is 14.8 Å². The van der Waals surface area contributed by atoms with E-state index in [1.165, 1.54) is 12.4 Å². The van der Waals surface area contributed by atoms with E-state index in [4.69, 9.17) is 5.84 Å². The number of rotatable bonds is 5. The number of amides is 1. The quantitative estimate of drug-likeness (QED) is 0.354. The largest absolute Gasteiger partial charge is 0.331 e. The molecular weight excluding hydrogens is 280 g/mol.